The van der Waals surface area contributed by atoms with Crippen LogP contribution in [0.3, 0.4) is 0 Å². The Morgan fingerprint density at radius 1 is 1.40 bits per heavy atom. The fraction of sp³-hybridized carbons (Fsp3) is 0.250. The molecule has 1 atom stereocenters. The number of ether oxygens (including phenoxy) is 1. The van der Waals surface area contributed by atoms with Gasteiger partial charge >= 0.3 is 5.97 Å². The Balaban J connectivity index is 2.86. The predicted octanol–water partition coefficient (Wildman–Crippen LogP) is 1.80. The van der Waals surface area contributed by atoms with E-state index in [1.165, 1.54) is 6.08 Å². The number of rotatable bonds is 7. The van der Waals surface area contributed by atoms with Crippen molar-refractivity contribution in [3.05, 3.63) is 48.6 Å². The molecule has 0 bridgehead atoms. The third-order valence-corrected chi connectivity index (χ3v) is 2.97. The number of amides is 1. The lowest BCUT2D eigenvalue weighted by Gasteiger charge is -2.25. The average Bonchev–Trinajstić information content (AvgIpc) is 2.45. The molecule has 4 heteroatoms. The van der Waals surface area contributed by atoms with E-state index in [4.69, 9.17) is 16.9 Å². The van der Waals surface area contributed by atoms with Gasteiger partial charge in [-0.05, 0) is 12.0 Å². The molecule has 2 N–H and O–H groups in total. The van der Waals surface area contributed by atoms with Crippen molar-refractivity contribution in [3.63, 3.8) is 0 Å². The van der Waals surface area contributed by atoms with Gasteiger partial charge in [0.1, 0.15) is 6.61 Å². The van der Waals surface area contributed by atoms with Crippen molar-refractivity contribution in [1.29, 1.82) is 0 Å². The lowest BCUT2D eigenvalue weighted by Crippen LogP contribution is -2.44. The quantitative estimate of drug-likeness (QED) is 0.356. The minimum Gasteiger partial charge on any atom is -0.460 e. The number of carbonyl (C=O) groups is 2. The van der Waals surface area contributed by atoms with E-state index < -0.39 is 17.3 Å². The van der Waals surface area contributed by atoms with Crippen molar-refractivity contribution >= 4 is 11.9 Å². The molecule has 0 fully saturated rings. The van der Waals surface area contributed by atoms with E-state index in [9.17, 15) is 9.59 Å². The van der Waals surface area contributed by atoms with E-state index in [-0.39, 0.29) is 19.4 Å². The highest BCUT2D eigenvalue weighted by Crippen LogP contribution is 2.29. The molecule has 0 spiro atoms. The van der Waals surface area contributed by atoms with Crippen LogP contribution >= 0.6 is 0 Å². The maximum Gasteiger partial charge on any atom is 0.323 e. The summed E-state index contributed by atoms with van der Waals surface area (Å²) >= 11 is 0. The van der Waals surface area contributed by atoms with Crippen molar-refractivity contribution in [3.8, 4) is 12.3 Å². The molecule has 1 amide bonds. The number of carbonyl (C=O) groups excluding carboxylic acids is 2. The molecule has 0 aliphatic carbocycles. The summed E-state index contributed by atoms with van der Waals surface area (Å²) in [5, 5.41) is 0. The maximum atomic E-state index is 12.2. The topological polar surface area (TPSA) is 69.4 Å². The summed E-state index contributed by atoms with van der Waals surface area (Å²) in [5.74, 6) is 0.791. The highest BCUT2D eigenvalue weighted by molar-refractivity contribution is 6.02. The zero-order valence-electron chi connectivity index (χ0n) is 11.2. The Morgan fingerprint density at radius 3 is 2.55 bits per heavy atom. The number of benzene rings is 1. The molecule has 104 valence electrons. The molecule has 0 heterocycles. The summed E-state index contributed by atoms with van der Waals surface area (Å²) in [6.45, 7) is 3.59. The van der Waals surface area contributed by atoms with Gasteiger partial charge in [-0.3, -0.25) is 9.59 Å². The molecule has 20 heavy (non-hydrogen) atoms. The predicted molar refractivity (Wildman–Crippen MR) is 76.1 cm³/mol. The van der Waals surface area contributed by atoms with E-state index in [1.54, 1.807) is 0 Å². The highest BCUT2D eigenvalue weighted by atomic mass is 16.5. The molecule has 0 aliphatic rings. The second kappa shape index (κ2) is 7.15. The Labute approximate surface area is 118 Å². The summed E-state index contributed by atoms with van der Waals surface area (Å²) in [4.78, 5) is 23.8. The van der Waals surface area contributed by atoms with Crippen LogP contribution in [0.5, 0.6) is 0 Å². The molecule has 0 aliphatic heterocycles. The fourth-order valence-electron chi connectivity index (χ4n) is 1.80. The van der Waals surface area contributed by atoms with Gasteiger partial charge in [0.05, 0.1) is 0 Å². The van der Waals surface area contributed by atoms with E-state index in [0.717, 1.165) is 5.56 Å². The van der Waals surface area contributed by atoms with Crippen LogP contribution < -0.4 is 5.73 Å². The number of hydrogen-bond acceptors (Lipinski definition) is 3. The molecular formula is C16H17NO3. The first kappa shape index (κ1) is 15.5. The first-order valence-corrected chi connectivity index (χ1v) is 6.12. The minimum atomic E-state index is -1.54. The molecule has 0 saturated carbocycles. The van der Waals surface area contributed by atoms with Crippen molar-refractivity contribution in [2.45, 2.75) is 19.4 Å². The van der Waals surface area contributed by atoms with Gasteiger partial charge in [0.15, 0.2) is 5.41 Å². The van der Waals surface area contributed by atoms with Crippen molar-refractivity contribution < 1.29 is 14.3 Å². The van der Waals surface area contributed by atoms with Crippen molar-refractivity contribution in [1.82, 2.24) is 0 Å². The number of allylic oxidation sites excluding steroid dienone is 1. The van der Waals surface area contributed by atoms with E-state index in [1.807, 2.05) is 30.3 Å². The minimum absolute atomic E-state index is 0.0557. The SMILES string of the molecule is C#CCC(CC=C)(C(N)=O)C(=O)OCc1ccccc1. The first-order chi connectivity index (χ1) is 9.56. The molecule has 1 aromatic carbocycles. The molecule has 1 rings (SSSR count). The van der Waals surface area contributed by atoms with Crippen molar-refractivity contribution in [2.75, 3.05) is 0 Å². The van der Waals surface area contributed by atoms with Crippen LogP contribution in [0.25, 0.3) is 0 Å². The van der Waals surface area contributed by atoms with Gasteiger partial charge in [-0.25, -0.2) is 0 Å². The van der Waals surface area contributed by atoms with Gasteiger partial charge in [-0.1, -0.05) is 36.4 Å². The lowest BCUT2D eigenvalue weighted by atomic mass is 9.80. The number of hydrogen-bond donors (Lipinski definition) is 1. The largest absolute Gasteiger partial charge is 0.460 e. The zero-order valence-corrected chi connectivity index (χ0v) is 11.2. The summed E-state index contributed by atoms with van der Waals surface area (Å²) in [6.07, 6.45) is 6.61. The van der Waals surface area contributed by atoms with Crippen LogP contribution in [0, 0.1) is 17.8 Å². The zero-order chi connectivity index (χ0) is 15.0. The van der Waals surface area contributed by atoms with Crippen molar-refractivity contribution in [2.24, 2.45) is 11.1 Å². The first-order valence-electron chi connectivity index (χ1n) is 6.12. The third-order valence-electron chi connectivity index (χ3n) is 2.97. The van der Waals surface area contributed by atoms with Gasteiger partial charge in [0.2, 0.25) is 5.91 Å². The molecule has 4 nitrogen and oxygen atoms in total. The number of terminal acetylenes is 1. The van der Waals surface area contributed by atoms with Crippen LogP contribution in [-0.2, 0) is 20.9 Å². The van der Waals surface area contributed by atoms with Gasteiger partial charge in [-0.15, -0.1) is 18.9 Å². The number of esters is 1. The molecule has 0 saturated heterocycles. The van der Waals surface area contributed by atoms with Gasteiger partial charge in [0.25, 0.3) is 0 Å². The van der Waals surface area contributed by atoms with Gasteiger partial charge in [-0.2, -0.15) is 0 Å². The number of primary amides is 1. The Bertz CT molecular complexity index is 530. The smallest absolute Gasteiger partial charge is 0.323 e. The van der Waals surface area contributed by atoms with E-state index in [2.05, 4.69) is 12.5 Å². The van der Waals surface area contributed by atoms with Crippen LogP contribution in [0.1, 0.15) is 18.4 Å². The third kappa shape index (κ3) is 3.48. The van der Waals surface area contributed by atoms with Gasteiger partial charge in [0, 0.05) is 6.42 Å². The summed E-state index contributed by atoms with van der Waals surface area (Å²) in [5.41, 5.74) is 4.61. The second-order valence-corrected chi connectivity index (χ2v) is 4.38. The Hall–Kier alpha value is -2.54. The van der Waals surface area contributed by atoms with Crippen LogP contribution in [0.4, 0.5) is 0 Å². The number of nitrogens with two attached hydrogens (primary N) is 1. The van der Waals surface area contributed by atoms with Crippen LogP contribution in [-0.4, -0.2) is 11.9 Å². The molecule has 1 aromatic rings. The van der Waals surface area contributed by atoms with Crippen LogP contribution in [0.15, 0.2) is 43.0 Å². The Kier molecular flexibility index (Phi) is 5.55. The molecule has 1 unspecified atom stereocenters. The monoisotopic (exact) mass is 271 g/mol. The molecule has 0 radical (unpaired) electrons. The van der Waals surface area contributed by atoms with E-state index in [0.29, 0.717) is 0 Å². The second-order valence-electron chi connectivity index (χ2n) is 4.38. The van der Waals surface area contributed by atoms with E-state index >= 15 is 0 Å². The molecule has 0 aromatic heterocycles. The maximum absolute atomic E-state index is 12.2. The summed E-state index contributed by atoms with van der Waals surface area (Å²) in [7, 11) is 0. The fourth-order valence-corrected chi connectivity index (χ4v) is 1.80. The standard InChI is InChI=1S/C16H17NO3/c1-3-10-16(11-4-2,14(17)18)15(19)20-12-13-8-6-5-7-9-13/h1,4-9H,2,10-12H2,(H2,17,18). The summed E-state index contributed by atoms with van der Waals surface area (Å²) in [6, 6.07) is 9.14. The van der Waals surface area contributed by atoms with Crippen LogP contribution in [0.2, 0.25) is 0 Å². The highest BCUT2D eigenvalue weighted by Gasteiger charge is 2.44. The lowest BCUT2D eigenvalue weighted by molar-refractivity contribution is -0.161. The molecular weight excluding hydrogens is 254 g/mol. The Morgan fingerprint density at radius 2 is 2.05 bits per heavy atom. The summed E-state index contributed by atoms with van der Waals surface area (Å²) < 4.78 is 5.18. The average molecular weight is 271 g/mol. The van der Waals surface area contributed by atoms with Gasteiger partial charge < -0.3 is 10.5 Å². The normalized spacial score (nSPS) is 12.8.